The Hall–Kier alpha value is -2.01. The van der Waals surface area contributed by atoms with Crippen molar-refractivity contribution in [3.8, 4) is 5.75 Å². The van der Waals surface area contributed by atoms with Gasteiger partial charge in [0.25, 0.3) is 0 Å². The van der Waals surface area contributed by atoms with Gasteiger partial charge in [-0.2, -0.15) is 5.10 Å². The topological polar surface area (TPSA) is 59.4 Å². The SMILES string of the molecule is COc1cc2c(C)cc3n[nH]c(=O)n3c2cc1Cl. The maximum Gasteiger partial charge on any atom is 0.348 e. The highest BCUT2D eigenvalue weighted by Gasteiger charge is 2.11. The second kappa shape index (κ2) is 3.74. The molecule has 2 aromatic heterocycles. The van der Waals surface area contributed by atoms with Gasteiger partial charge in [-0.3, -0.25) is 0 Å². The Labute approximate surface area is 107 Å². The van der Waals surface area contributed by atoms with Gasteiger partial charge in [-0.25, -0.2) is 14.3 Å². The fourth-order valence-electron chi connectivity index (χ4n) is 2.11. The van der Waals surface area contributed by atoms with Crippen LogP contribution in [-0.4, -0.2) is 21.7 Å². The third-order valence-electron chi connectivity index (χ3n) is 2.98. The van der Waals surface area contributed by atoms with E-state index in [1.807, 2.05) is 19.1 Å². The molecule has 0 aliphatic carbocycles. The third kappa shape index (κ3) is 1.41. The summed E-state index contributed by atoms with van der Waals surface area (Å²) in [4.78, 5) is 11.7. The van der Waals surface area contributed by atoms with E-state index in [2.05, 4.69) is 10.2 Å². The molecule has 3 rings (SSSR count). The van der Waals surface area contributed by atoms with Gasteiger partial charge in [-0.15, -0.1) is 0 Å². The van der Waals surface area contributed by atoms with Gasteiger partial charge in [-0.1, -0.05) is 11.6 Å². The van der Waals surface area contributed by atoms with E-state index in [-0.39, 0.29) is 5.69 Å². The summed E-state index contributed by atoms with van der Waals surface area (Å²) in [5.74, 6) is 0.586. The molecular weight excluding hydrogens is 254 g/mol. The van der Waals surface area contributed by atoms with Crippen LogP contribution in [0.5, 0.6) is 5.75 Å². The van der Waals surface area contributed by atoms with Crippen LogP contribution in [0.4, 0.5) is 0 Å². The van der Waals surface area contributed by atoms with E-state index in [0.717, 1.165) is 16.5 Å². The van der Waals surface area contributed by atoms with Gasteiger partial charge in [0.15, 0.2) is 5.65 Å². The van der Waals surface area contributed by atoms with Crippen molar-refractivity contribution in [2.75, 3.05) is 7.11 Å². The summed E-state index contributed by atoms with van der Waals surface area (Å²) in [6.45, 7) is 1.95. The molecule has 0 unspecified atom stereocenters. The Morgan fingerprint density at radius 3 is 2.89 bits per heavy atom. The maximum absolute atomic E-state index is 11.7. The molecule has 92 valence electrons. The first-order valence-electron chi connectivity index (χ1n) is 5.36. The zero-order valence-corrected chi connectivity index (χ0v) is 10.6. The summed E-state index contributed by atoms with van der Waals surface area (Å²) >= 11 is 6.10. The van der Waals surface area contributed by atoms with Crippen LogP contribution in [0.3, 0.4) is 0 Å². The van der Waals surface area contributed by atoms with E-state index in [0.29, 0.717) is 16.4 Å². The predicted octanol–water partition coefficient (Wildman–Crippen LogP) is 2.15. The molecule has 0 radical (unpaired) electrons. The lowest BCUT2D eigenvalue weighted by Gasteiger charge is -2.08. The van der Waals surface area contributed by atoms with Crippen LogP contribution in [0.1, 0.15) is 5.56 Å². The molecule has 18 heavy (non-hydrogen) atoms. The molecule has 0 saturated carbocycles. The fraction of sp³-hybridized carbons (Fsp3) is 0.167. The molecule has 0 bridgehead atoms. The molecule has 0 amide bonds. The summed E-state index contributed by atoms with van der Waals surface area (Å²) in [6.07, 6.45) is 0. The summed E-state index contributed by atoms with van der Waals surface area (Å²) in [5, 5.41) is 7.75. The second-order valence-corrected chi connectivity index (χ2v) is 4.46. The number of aromatic amines is 1. The lowest BCUT2D eigenvalue weighted by atomic mass is 10.1. The van der Waals surface area contributed by atoms with Gasteiger partial charge in [-0.05, 0) is 30.7 Å². The Kier molecular flexibility index (Phi) is 2.31. The predicted molar refractivity (Wildman–Crippen MR) is 69.6 cm³/mol. The molecule has 0 saturated heterocycles. The Bertz CT molecular complexity index is 819. The van der Waals surface area contributed by atoms with Crippen molar-refractivity contribution in [1.82, 2.24) is 14.6 Å². The van der Waals surface area contributed by atoms with Gasteiger partial charge >= 0.3 is 5.69 Å². The quantitative estimate of drug-likeness (QED) is 0.732. The molecule has 0 fully saturated rings. The normalized spacial score (nSPS) is 11.3. The van der Waals surface area contributed by atoms with E-state index >= 15 is 0 Å². The van der Waals surface area contributed by atoms with E-state index in [1.165, 1.54) is 4.40 Å². The minimum atomic E-state index is -0.281. The van der Waals surface area contributed by atoms with Crippen LogP contribution in [0.25, 0.3) is 16.6 Å². The summed E-state index contributed by atoms with van der Waals surface area (Å²) < 4.78 is 6.68. The fourth-order valence-corrected chi connectivity index (χ4v) is 2.35. The van der Waals surface area contributed by atoms with Crippen LogP contribution < -0.4 is 10.4 Å². The van der Waals surface area contributed by atoms with Crippen LogP contribution in [0.15, 0.2) is 23.0 Å². The van der Waals surface area contributed by atoms with Crippen molar-refractivity contribution in [2.24, 2.45) is 0 Å². The van der Waals surface area contributed by atoms with Crippen LogP contribution in [0, 0.1) is 6.92 Å². The van der Waals surface area contributed by atoms with Crippen molar-refractivity contribution < 1.29 is 4.74 Å². The van der Waals surface area contributed by atoms with Crippen molar-refractivity contribution in [2.45, 2.75) is 6.92 Å². The zero-order chi connectivity index (χ0) is 12.9. The monoisotopic (exact) mass is 263 g/mol. The molecule has 0 aliphatic rings. The van der Waals surface area contributed by atoms with Crippen molar-refractivity contribution >= 4 is 28.2 Å². The number of aryl methyl sites for hydroxylation is 1. The maximum atomic E-state index is 11.7. The smallest absolute Gasteiger partial charge is 0.348 e. The van der Waals surface area contributed by atoms with Crippen LogP contribution in [-0.2, 0) is 0 Å². The first-order valence-corrected chi connectivity index (χ1v) is 5.73. The standard InChI is InChI=1S/C12H10ClN3O2/c1-6-3-11-14-15-12(17)16(11)9-5-8(13)10(18-2)4-7(6)9/h3-5H,1-2H3,(H,15,17). The van der Waals surface area contributed by atoms with Gasteiger partial charge in [0.2, 0.25) is 0 Å². The van der Waals surface area contributed by atoms with Gasteiger partial charge in [0, 0.05) is 5.39 Å². The van der Waals surface area contributed by atoms with Crippen LogP contribution in [0.2, 0.25) is 5.02 Å². The number of benzene rings is 1. The molecule has 1 aromatic carbocycles. The van der Waals surface area contributed by atoms with E-state index in [1.54, 1.807) is 13.2 Å². The zero-order valence-electron chi connectivity index (χ0n) is 9.82. The minimum absolute atomic E-state index is 0.281. The number of halogens is 1. The Morgan fingerprint density at radius 2 is 2.17 bits per heavy atom. The number of H-pyrrole nitrogens is 1. The highest BCUT2D eigenvalue weighted by molar-refractivity contribution is 6.32. The van der Waals surface area contributed by atoms with Crippen molar-refractivity contribution in [3.63, 3.8) is 0 Å². The van der Waals surface area contributed by atoms with Gasteiger partial charge < -0.3 is 4.74 Å². The number of fused-ring (bicyclic) bond motifs is 3. The highest BCUT2D eigenvalue weighted by atomic mass is 35.5. The first kappa shape index (κ1) is 11.1. The van der Waals surface area contributed by atoms with E-state index in [4.69, 9.17) is 16.3 Å². The molecule has 6 heteroatoms. The van der Waals surface area contributed by atoms with Crippen LogP contribution >= 0.6 is 11.6 Å². The van der Waals surface area contributed by atoms with Crippen molar-refractivity contribution in [3.05, 3.63) is 39.3 Å². The molecule has 0 atom stereocenters. The average molecular weight is 264 g/mol. The lowest BCUT2D eigenvalue weighted by molar-refractivity contribution is 0.415. The second-order valence-electron chi connectivity index (χ2n) is 4.05. The molecule has 0 spiro atoms. The molecule has 1 N–H and O–H groups in total. The molecule has 5 nitrogen and oxygen atoms in total. The lowest BCUT2D eigenvalue weighted by Crippen LogP contribution is -2.10. The number of nitrogens with one attached hydrogen (secondary N) is 1. The third-order valence-corrected chi connectivity index (χ3v) is 3.28. The average Bonchev–Trinajstić information content (AvgIpc) is 2.70. The molecule has 3 aromatic rings. The summed E-state index contributed by atoms with van der Waals surface area (Å²) in [5.41, 5.74) is 2.02. The van der Waals surface area contributed by atoms with Crippen molar-refractivity contribution in [1.29, 1.82) is 0 Å². The Balaban J connectivity index is 2.59. The highest BCUT2D eigenvalue weighted by Crippen LogP contribution is 2.31. The number of nitrogens with zero attached hydrogens (tertiary/aromatic N) is 2. The first-order chi connectivity index (χ1) is 8.61. The number of methoxy groups -OCH3 is 1. The molecule has 0 aliphatic heterocycles. The minimum Gasteiger partial charge on any atom is -0.495 e. The number of rotatable bonds is 1. The summed E-state index contributed by atoms with van der Waals surface area (Å²) in [7, 11) is 1.56. The molecule has 2 heterocycles. The number of aromatic nitrogens is 3. The Morgan fingerprint density at radius 1 is 1.39 bits per heavy atom. The van der Waals surface area contributed by atoms with Gasteiger partial charge in [0.1, 0.15) is 5.75 Å². The largest absolute Gasteiger partial charge is 0.495 e. The van der Waals surface area contributed by atoms with Gasteiger partial charge in [0.05, 0.1) is 17.6 Å². The summed E-state index contributed by atoms with van der Waals surface area (Å²) in [6, 6.07) is 5.38. The number of hydrogen-bond acceptors (Lipinski definition) is 3. The number of hydrogen-bond donors (Lipinski definition) is 1. The molecular formula is C12H10ClN3O2. The number of pyridine rings is 1. The van der Waals surface area contributed by atoms with E-state index in [9.17, 15) is 4.79 Å². The number of ether oxygens (including phenoxy) is 1. The van der Waals surface area contributed by atoms with E-state index < -0.39 is 0 Å².